The molecule has 0 spiro atoms. The van der Waals surface area contributed by atoms with Gasteiger partial charge in [0.15, 0.2) is 11.7 Å². The molecule has 0 bridgehead atoms. The minimum absolute atomic E-state index is 0.0214. The molecule has 1 aromatic heterocycles. The maximum absolute atomic E-state index is 12.5. The number of carbonyl (C=O) groups excluding carboxylic acids is 2. The molecule has 144 valence electrons. The topological polar surface area (TPSA) is 103 Å². The first-order valence-electron chi connectivity index (χ1n) is 8.48. The van der Waals surface area contributed by atoms with E-state index in [-0.39, 0.29) is 11.3 Å². The summed E-state index contributed by atoms with van der Waals surface area (Å²) >= 11 is 1.37. The van der Waals surface area contributed by atoms with Crippen LogP contribution in [0.5, 0.6) is 0 Å². The first kappa shape index (κ1) is 19.4. The van der Waals surface area contributed by atoms with Crippen LogP contribution in [0.2, 0.25) is 0 Å². The van der Waals surface area contributed by atoms with Gasteiger partial charge in [0, 0.05) is 18.2 Å². The van der Waals surface area contributed by atoms with E-state index >= 15 is 0 Å². The summed E-state index contributed by atoms with van der Waals surface area (Å²) in [7, 11) is 0. The summed E-state index contributed by atoms with van der Waals surface area (Å²) in [5.74, 6) is -1.21. The number of aryl methyl sites for hydroxylation is 1. The highest BCUT2D eigenvalue weighted by Crippen LogP contribution is 2.28. The molecule has 0 saturated carbocycles. The van der Waals surface area contributed by atoms with Crippen LogP contribution >= 0.6 is 11.3 Å². The van der Waals surface area contributed by atoms with E-state index in [0.717, 1.165) is 16.3 Å². The van der Waals surface area contributed by atoms with Gasteiger partial charge in [-0.25, -0.2) is 9.78 Å². The van der Waals surface area contributed by atoms with Gasteiger partial charge in [0.2, 0.25) is 0 Å². The van der Waals surface area contributed by atoms with Crippen LogP contribution in [0.4, 0.5) is 10.8 Å². The molecular weight excluding hydrogens is 382 g/mol. The first-order valence-corrected chi connectivity index (χ1v) is 9.30. The molecule has 0 aliphatic rings. The van der Waals surface area contributed by atoms with E-state index in [2.05, 4.69) is 4.98 Å². The second-order valence-electron chi connectivity index (χ2n) is 5.94. The molecular formula is C19H17N3O5S. The van der Waals surface area contributed by atoms with Crippen molar-refractivity contribution in [3.05, 3.63) is 63.7 Å². The number of hydrogen-bond acceptors (Lipinski definition) is 7. The second-order valence-corrected chi connectivity index (χ2v) is 6.95. The van der Waals surface area contributed by atoms with Crippen LogP contribution in [-0.2, 0) is 9.53 Å². The molecule has 3 aromatic rings. The van der Waals surface area contributed by atoms with Crippen molar-refractivity contribution in [2.75, 3.05) is 18.1 Å². The van der Waals surface area contributed by atoms with Crippen molar-refractivity contribution >= 4 is 44.2 Å². The molecule has 1 heterocycles. The summed E-state index contributed by atoms with van der Waals surface area (Å²) in [4.78, 5) is 41.0. The molecule has 0 N–H and O–H groups in total. The molecule has 0 atom stereocenters. The highest BCUT2D eigenvalue weighted by molar-refractivity contribution is 7.22. The molecule has 8 nitrogen and oxygen atoms in total. The maximum Gasteiger partial charge on any atom is 0.338 e. The van der Waals surface area contributed by atoms with Crippen molar-refractivity contribution in [1.82, 2.24) is 4.98 Å². The molecule has 28 heavy (non-hydrogen) atoms. The number of carbonyl (C=O) groups is 2. The Balaban J connectivity index is 1.70. The number of nitro benzene ring substituents is 1. The molecule has 0 aliphatic carbocycles. The van der Waals surface area contributed by atoms with Crippen LogP contribution in [0.25, 0.3) is 10.2 Å². The Kier molecular flexibility index (Phi) is 5.65. The molecule has 0 aliphatic heterocycles. The zero-order chi connectivity index (χ0) is 20.3. The molecule has 0 radical (unpaired) electrons. The van der Waals surface area contributed by atoms with E-state index in [4.69, 9.17) is 4.74 Å². The summed E-state index contributed by atoms with van der Waals surface area (Å²) in [5.41, 5.74) is 1.07. The van der Waals surface area contributed by atoms with Gasteiger partial charge in [0.25, 0.3) is 11.6 Å². The molecule has 0 saturated heterocycles. The van der Waals surface area contributed by atoms with E-state index in [1.54, 1.807) is 13.8 Å². The lowest BCUT2D eigenvalue weighted by Gasteiger charge is -2.17. The lowest BCUT2D eigenvalue weighted by Crippen LogP contribution is -2.34. The minimum atomic E-state index is -0.795. The van der Waals surface area contributed by atoms with E-state index < -0.39 is 23.4 Å². The van der Waals surface area contributed by atoms with Gasteiger partial charge in [-0.1, -0.05) is 29.5 Å². The van der Waals surface area contributed by atoms with Gasteiger partial charge >= 0.3 is 5.97 Å². The number of benzene rings is 2. The predicted molar refractivity (Wildman–Crippen MR) is 106 cm³/mol. The van der Waals surface area contributed by atoms with Gasteiger partial charge in [-0.15, -0.1) is 0 Å². The van der Waals surface area contributed by atoms with Crippen molar-refractivity contribution in [2.24, 2.45) is 0 Å². The van der Waals surface area contributed by atoms with Gasteiger partial charge in [-0.05, 0) is 32.0 Å². The van der Waals surface area contributed by atoms with Crippen LogP contribution < -0.4 is 4.90 Å². The fraction of sp³-hybridized carbons (Fsp3) is 0.211. The third kappa shape index (κ3) is 3.99. The van der Waals surface area contributed by atoms with Gasteiger partial charge in [0.05, 0.1) is 20.7 Å². The SMILES string of the molecule is CCN(C(=O)COC(=O)c1ccc(C)c([N+](=O)[O-])c1)c1nc2ccccc2s1. The highest BCUT2D eigenvalue weighted by atomic mass is 32.1. The third-order valence-corrected chi connectivity index (χ3v) is 5.16. The van der Waals surface area contributed by atoms with Gasteiger partial charge in [-0.3, -0.25) is 19.8 Å². The number of para-hydroxylation sites is 1. The average Bonchev–Trinajstić information content (AvgIpc) is 3.10. The summed E-state index contributed by atoms with van der Waals surface area (Å²) in [6.07, 6.45) is 0. The Morgan fingerprint density at radius 2 is 2.00 bits per heavy atom. The molecule has 3 rings (SSSR count). The number of nitro groups is 1. The number of anilines is 1. The number of thiazole rings is 1. The van der Waals surface area contributed by atoms with Crippen molar-refractivity contribution in [1.29, 1.82) is 0 Å². The largest absolute Gasteiger partial charge is 0.452 e. The Morgan fingerprint density at radius 3 is 2.68 bits per heavy atom. The number of nitrogens with zero attached hydrogens (tertiary/aromatic N) is 3. The lowest BCUT2D eigenvalue weighted by molar-refractivity contribution is -0.385. The van der Waals surface area contributed by atoms with E-state index in [1.165, 1.54) is 28.4 Å². The van der Waals surface area contributed by atoms with Crippen LogP contribution in [0.3, 0.4) is 0 Å². The minimum Gasteiger partial charge on any atom is -0.452 e. The number of aromatic nitrogens is 1. The predicted octanol–water partition coefficient (Wildman–Crippen LogP) is 3.72. The molecule has 0 fully saturated rings. The van der Waals surface area contributed by atoms with Crippen LogP contribution in [0.15, 0.2) is 42.5 Å². The summed E-state index contributed by atoms with van der Waals surface area (Å²) in [6.45, 7) is 3.26. The van der Waals surface area contributed by atoms with E-state index in [1.807, 2.05) is 24.3 Å². The van der Waals surface area contributed by atoms with Crippen molar-refractivity contribution in [2.45, 2.75) is 13.8 Å². The first-order chi connectivity index (χ1) is 13.4. The fourth-order valence-corrected chi connectivity index (χ4v) is 3.66. The van der Waals surface area contributed by atoms with Crippen molar-refractivity contribution < 1.29 is 19.2 Å². The molecule has 1 amide bonds. The summed E-state index contributed by atoms with van der Waals surface area (Å²) in [5, 5.41) is 11.5. The Bertz CT molecular complexity index is 1030. The second kappa shape index (κ2) is 8.13. The zero-order valence-corrected chi connectivity index (χ0v) is 16.1. The fourth-order valence-electron chi connectivity index (χ4n) is 2.62. The monoisotopic (exact) mass is 399 g/mol. The summed E-state index contributed by atoms with van der Waals surface area (Å²) in [6, 6.07) is 11.6. The molecule has 2 aromatic carbocycles. The van der Waals surface area contributed by atoms with Crippen molar-refractivity contribution in [3.8, 4) is 0 Å². The van der Waals surface area contributed by atoms with Crippen molar-refractivity contribution in [3.63, 3.8) is 0 Å². The van der Waals surface area contributed by atoms with Gasteiger partial charge in [-0.2, -0.15) is 0 Å². The Morgan fingerprint density at radius 1 is 1.25 bits per heavy atom. The quantitative estimate of drug-likeness (QED) is 0.355. The van der Waals surface area contributed by atoms with Gasteiger partial charge in [0.1, 0.15) is 0 Å². The normalized spacial score (nSPS) is 10.6. The number of hydrogen-bond donors (Lipinski definition) is 0. The van der Waals surface area contributed by atoms with Crippen LogP contribution in [0, 0.1) is 17.0 Å². The Hall–Kier alpha value is -3.33. The molecule has 0 unspecified atom stereocenters. The lowest BCUT2D eigenvalue weighted by atomic mass is 10.1. The van der Waals surface area contributed by atoms with Crippen LogP contribution in [-0.4, -0.2) is 34.9 Å². The summed E-state index contributed by atoms with van der Waals surface area (Å²) < 4.78 is 6.02. The number of rotatable bonds is 6. The molecule has 9 heteroatoms. The number of esters is 1. The van der Waals surface area contributed by atoms with Gasteiger partial charge < -0.3 is 4.74 Å². The number of amides is 1. The standard InChI is InChI=1S/C19H17N3O5S/c1-3-21(19-20-14-6-4-5-7-16(14)28-19)17(23)11-27-18(24)13-9-8-12(2)15(10-13)22(25)26/h4-10H,3,11H2,1-2H3. The number of ether oxygens (including phenoxy) is 1. The van der Waals surface area contributed by atoms with Crippen LogP contribution in [0.1, 0.15) is 22.8 Å². The number of fused-ring (bicyclic) bond motifs is 1. The van der Waals surface area contributed by atoms with E-state index in [0.29, 0.717) is 17.2 Å². The number of likely N-dealkylation sites (N-methyl/N-ethyl adjacent to an activating group) is 1. The Labute approximate surface area is 164 Å². The third-order valence-electron chi connectivity index (χ3n) is 4.10. The maximum atomic E-state index is 12.5. The highest BCUT2D eigenvalue weighted by Gasteiger charge is 2.21. The zero-order valence-electron chi connectivity index (χ0n) is 15.2. The smallest absolute Gasteiger partial charge is 0.338 e. The average molecular weight is 399 g/mol. The van der Waals surface area contributed by atoms with E-state index in [9.17, 15) is 19.7 Å².